The second-order valence-electron chi connectivity index (χ2n) is 6.68. The number of para-hydroxylation sites is 1. The molecule has 4 aromatic rings. The van der Waals surface area contributed by atoms with E-state index in [0.29, 0.717) is 28.7 Å². The smallest absolute Gasteiger partial charge is 0.180 e. The summed E-state index contributed by atoms with van der Waals surface area (Å²) in [6, 6.07) is 14.2. The van der Waals surface area contributed by atoms with Crippen molar-refractivity contribution in [2.75, 3.05) is 11.6 Å². The zero-order valence-corrected chi connectivity index (χ0v) is 17.3. The Balaban J connectivity index is 1.67. The molecule has 0 aliphatic rings. The van der Waals surface area contributed by atoms with Gasteiger partial charge in [-0.15, -0.1) is 0 Å². The molecule has 0 bridgehead atoms. The van der Waals surface area contributed by atoms with E-state index in [1.807, 2.05) is 31.2 Å². The molecule has 3 aromatic heterocycles. The normalized spacial score (nSPS) is 11.4. The summed E-state index contributed by atoms with van der Waals surface area (Å²) in [5.74, 6) is 1.14. The van der Waals surface area contributed by atoms with Gasteiger partial charge in [-0.25, -0.2) is 23.1 Å². The number of hydrogen-bond acceptors (Lipinski definition) is 7. The summed E-state index contributed by atoms with van der Waals surface area (Å²) in [5, 5.41) is 7.54. The van der Waals surface area contributed by atoms with Crippen LogP contribution in [0.2, 0.25) is 0 Å². The maximum absolute atomic E-state index is 12.1. The van der Waals surface area contributed by atoms with Gasteiger partial charge in [0.15, 0.2) is 15.7 Å². The minimum absolute atomic E-state index is 0.215. The number of aryl methyl sites for hydroxylation is 1. The van der Waals surface area contributed by atoms with Crippen LogP contribution in [0.5, 0.6) is 0 Å². The molecule has 1 aromatic carbocycles. The van der Waals surface area contributed by atoms with Gasteiger partial charge in [0, 0.05) is 24.2 Å². The number of nitrogens with one attached hydrogen (secondary N) is 1. The van der Waals surface area contributed by atoms with Gasteiger partial charge in [-0.2, -0.15) is 5.10 Å². The summed E-state index contributed by atoms with van der Waals surface area (Å²) in [6.45, 7) is 2.02. The van der Waals surface area contributed by atoms with E-state index >= 15 is 0 Å². The van der Waals surface area contributed by atoms with Crippen molar-refractivity contribution in [2.45, 2.75) is 18.2 Å². The van der Waals surface area contributed by atoms with Gasteiger partial charge >= 0.3 is 0 Å². The SMILES string of the molecule is CCc1cc(Nc2cnn(-c3ccccc3S(C)(=O)=O)c2)nc(-c2ccccn2)n1. The quantitative estimate of drug-likeness (QED) is 0.510. The van der Waals surface area contributed by atoms with Crippen molar-refractivity contribution in [3.8, 4) is 17.2 Å². The van der Waals surface area contributed by atoms with Crippen molar-refractivity contribution < 1.29 is 8.42 Å². The lowest BCUT2D eigenvalue weighted by atomic mass is 10.2. The Hall–Kier alpha value is -3.59. The fourth-order valence-corrected chi connectivity index (χ4v) is 3.85. The zero-order chi connectivity index (χ0) is 21.1. The molecule has 152 valence electrons. The zero-order valence-electron chi connectivity index (χ0n) is 16.5. The molecule has 0 unspecified atom stereocenters. The summed E-state index contributed by atoms with van der Waals surface area (Å²) >= 11 is 0. The average molecular weight is 420 g/mol. The van der Waals surface area contributed by atoms with Crippen LogP contribution < -0.4 is 5.32 Å². The third-order valence-corrected chi connectivity index (χ3v) is 5.55. The Morgan fingerprint density at radius 1 is 1.07 bits per heavy atom. The third kappa shape index (κ3) is 4.20. The number of rotatable bonds is 6. The molecule has 30 heavy (non-hydrogen) atoms. The van der Waals surface area contributed by atoms with Crippen molar-refractivity contribution >= 4 is 21.3 Å². The molecule has 0 amide bonds. The minimum atomic E-state index is -3.39. The molecule has 4 rings (SSSR count). The Kier molecular flexibility index (Phi) is 5.28. The van der Waals surface area contributed by atoms with Crippen LogP contribution in [-0.2, 0) is 16.3 Å². The maximum Gasteiger partial charge on any atom is 0.180 e. The number of anilines is 2. The molecule has 0 aliphatic heterocycles. The number of nitrogens with zero attached hydrogens (tertiary/aromatic N) is 5. The number of sulfone groups is 1. The highest BCUT2D eigenvalue weighted by atomic mass is 32.2. The molecule has 0 saturated carbocycles. The highest BCUT2D eigenvalue weighted by molar-refractivity contribution is 7.90. The molecule has 0 radical (unpaired) electrons. The van der Waals surface area contributed by atoms with Crippen molar-refractivity contribution in [1.29, 1.82) is 0 Å². The molecule has 9 heteroatoms. The van der Waals surface area contributed by atoms with Gasteiger partial charge in [-0.05, 0) is 30.7 Å². The standard InChI is InChI=1S/C21H20N6O2S/c1-3-15-12-20(26-21(25-15)17-8-6-7-11-22-17)24-16-13-23-27(14-16)18-9-4-5-10-19(18)30(2,28)29/h4-14H,3H2,1-2H3,(H,24,25,26). The first-order valence-corrected chi connectivity index (χ1v) is 11.2. The number of benzene rings is 1. The monoisotopic (exact) mass is 420 g/mol. The molecule has 3 heterocycles. The molecular formula is C21H20N6O2S. The van der Waals surface area contributed by atoms with E-state index in [1.165, 1.54) is 10.9 Å². The summed E-state index contributed by atoms with van der Waals surface area (Å²) in [7, 11) is -3.39. The van der Waals surface area contributed by atoms with Crippen LogP contribution >= 0.6 is 0 Å². The number of hydrogen-bond donors (Lipinski definition) is 1. The van der Waals surface area contributed by atoms with Gasteiger partial charge in [-0.3, -0.25) is 4.98 Å². The lowest BCUT2D eigenvalue weighted by molar-refractivity contribution is 0.600. The van der Waals surface area contributed by atoms with E-state index in [2.05, 4.69) is 25.4 Å². The maximum atomic E-state index is 12.1. The molecule has 0 atom stereocenters. The molecule has 0 fully saturated rings. The second-order valence-corrected chi connectivity index (χ2v) is 8.66. The summed E-state index contributed by atoms with van der Waals surface area (Å²) in [4.78, 5) is 13.7. The van der Waals surface area contributed by atoms with Crippen LogP contribution in [0.15, 0.2) is 72.0 Å². The number of aromatic nitrogens is 5. The van der Waals surface area contributed by atoms with Gasteiger partial charge in [0.25, 0.3) is 0 Å². The minimum Gasteiger partial charge on any atom is -0.338 e. The molecule has 0 saturated heterocycles. The third-order valence-electron chi connectivity index (χ3n) is 4.40. The van der Waals surface area contributed by atoms with Crippen molar-refractivity contribution in [3.05, 3.63) is 72.8 Å². The van der Waals surface area contributed by atoms with Crippen LogP contribution in [0.25, 0.3) is 17.2 Å². The Morgan fingerprint density at radius 2 is 1.87 bits per heavy atom. The first-order chi connectivity index (χ1) is 14.4. The Labute approximate surface area is 174 Å². The largest absolute Gasteiger partial charge is 0.338 e. The van der Waals surface area contributed by atoms with E-state index in [0.717, 1.165) is 12.1 Å². The van der Waals surface area contributed by atoms with Crippen LogP contribution in [0.4, 0.5) is 11.5 Å². The second kappa shape index (κ2) is 8.03. The molecule has 0 spiro atoms. The highest BCUT2D eigenvalue weighted by Gasteiger charge is 2.15. The lowest BCUT2D eigenvalue weighted by Gasteiger charge is -2.08. The summed E-state index contributed by atoms with van der Waals surface area (Å²) in [5.41, 5.74) is 2.72. The fourth-order valence-electron chi connectivity index (χ4n) is 2.98. The van der Waals surface area contributed by atoms with Gasteiger partial charge in [0.1, 0.15) is 11.5 Å². The topological polar surface area (TPSA) is 103 Å². The van der Waals surface area contributed by atoms with E-state index < -0.39 is 9.84 Å². The Bertz CT molecular complexity index is 1290. The fraction of sp³-hybridized carbons (Fsp3) is 0.143. The average Bonchev–Trinajstić information content (AvgIpc) is 3.22. The van der Waals surface area contributed by atoms with E-state index in [9.17, 15) is 8.42 Å². The van der Waals surface area contributed by atoms with Gasteiger partial charge in [-0.1, -0.05) is 25.1 Å². The Morgan fingerprint density at radius 3 is 2.60 bits per heavy atom. The molecular weight excluding hydrogens is 400 g/mol. The predicted octanol–water partition coefficient (Wildman–Crippen LogP) is 3.43. The van der Waals surface area contributed by atoms with Gasteiger partial charge in [0.05, 0.1) is 28.7 Å². The van der Waals surface area contributed by atoms with Crippen molar-refractivity contribution in [3.63, 3.8) is 0 Å². The van der Waals surface area contributed by atoms with Crippen LogP contribution in [0.3, 0.4) is 0 Å². The van der Waals surface area contributed by atoms with Gasteiger partial charge < -0.3 is 5.32 Å². The number of pyridine rings is 1. The lowest BCUT2D eigenvalue weighted by Crippen LogP contribution is -2.05. The van der Waals surface area contributed by atoms with Crippen molar-refractivity contribution in [1.82, 2.24) is 24.7 Å². The van der Waals surface area contributed by atoms with Crippen LogP contribution in [0, 0.1) is 0 Å². The summed E-state index contributed by atoms with van der Waals surface area (Å²) < 4.78 is 25.7. The molecule has 1 N–H and O–H groups in total. The summed E-state index contributed by atoms with van der Waals surface area (Å²) in [6.07, 6.45) is 6.97. The first kappa shape index (κ1) is 19.7. The highest BCUT2D eigenvalue weighted by Crippen LogP contribution is 2.23. The van der Waals surface area contributed by atoms with Gasteiger partial charge in [0.2, 0.25) is 0 Å². The van der Waals surface area contributed by atoms with E-state index in [1.54, 1.807) is 42.9 Å². The molecule has 0 aliphatic carbocycles. The van der Waals surface area contributed by atoms with Crippen molar-refractivity contribution in [2.24, 2.45) is 0 Å². The first-order valence-electron chi connectivity index (χ1n) is 9.34. The van der Waals surface area contributed by atoms with Crippen LogP contribution in [-0.4, -0.2) is 39.4 Å². The van der Waals surface area contributed by atoms with E-state index in [4.69, 9.17) is 0 Å². The predicted molar refractivity (Wildman–Crippen MR) is 115 cm³/mol. The molecule has 8 nitrogen and oxygen atoms in total. The van der Waals surface area contributed by atoms with E-state index in [-0.39, 0.29) is 4.90 Å². The van der Waals surface area contributed by atoms with Crippen LogP contribution in [0.1, 0.15) is 12.6 Å².